The van der Waals surface area contributed by atoms with Crippen LogP contribution in [0.3, 0.4) is 0 Å². The van der Waals surface area contributed by atoms with Crippen molar-refractivity contribution in [3.63, 3.8) is 0 Å². The maximum Gasteiger partial charge on any atom is 0.330 e. The third-order valence-electron chi connectivity index (χ3n) is 2.45. The third kappa shape index (κ3) is 12.7. The topological polar surface area (TPSA) is 26.3 Å². The Hall–Kier alpha value is -1.27. The molecule has 0 spiro atoms. The number of methoxy groups -OCH3 is 1. The lowest BCUT2D eigenvalue weighted by Gasteiger charge is -1.96. The van der Waals surface area contributed by atoms with Crippen LogP contribution in [0.2, 0.25) is 0 Å². The van der Waals surface area contributed by atoms with Crippen LogP contribution in [0.4, 0.5) is 0 Å². The zero-order chi connectivity index (χ0) is 12.8. The lowest BCUT2D eigenvalue weighted by atomic mass is 10.1. The Labute approximate surface area is 105 Å². The van der Waals surface area contributed by atoms with Crippen LogP contribution < -0.4 is 0 Å². The van der Waals surface area contributed by atoms with Gasteiger partial charge in [-0.2, -0.15) is 0 Å². The Morgan fingerprint density at radius 2 is 1.88 bits per heavy atom. The molecule has 17 heavy (non-hydrogen) atoms. The Morgan fingerprint density at radius 3 is 2.59 bits per heavy atom. The van der Waals surface area contributed by atoms with E-state index in [0.29, 0.717) is 0 Å². The molecule has 0 heterocycles. The quantitative estimate of drug-likeness (QED) is 0.197. The average Bonchev–Trinajstić information content (AvgIpc) is 2.35. The zero-order valence-corrected chi connectivity index (χ0v) is 11.1. The molecule has 0 radical (unpaired) electrons. The lowest BCUT2D eigenvalue weighted by Crippen LogP contribution is -1.92. The number of allylic oxidation sites excluding steroid dienone is 2. The standard InChI is InChI=1S/C15H24O2/c1-3-4-5-6-7-8-9-10-11-12-13-14-15(16)17-2/h10,12-14H,3-9H2,1-2H3/b14-13-. The largest absolute Gasteiger partial charge is 0.466 e. The van der Waals surface area contributed by atoms with Gasteiger partial charge >= 0.3 is 5.97 Å². The first-order valence-corrected chi connectivity index (χ1v) is 6.46. The molecule has 0 aromatic rings. The van der Waals surface area contributed by atoms with Gasteiger partial charge in [0, 0.05) is 6.08 Å². The summed E-state index contributed by atoms with van der Waals surface area (Å²) >= 11 is 0. The number of hydrogen-bond donors (Lipinski definition) is 0. The fourth-order valence-electron chi connectivity index (χ4n) is 1.43. The predicted molar refractivity (Wildman–Crippen MR) is 71.8 cm³/mol. The van der Waals surface area contributed by atoms with E-state index in [1.165, 1.54) is 51.7 Å². The molecule has 0 aliphatic carbocycles. The highest BCUT2D eigenvalue weighted by molar-refractivity contribution is 5.82. The summed E-state index contributed by atoms with van der Waals surface area (Å²) in [7, 11) is 1.37. The van der Waals surface area contributed by atoms with Crippen molar-refractivity contribution >= 4 is 5.97 Å². The highest BCUT2D eigenvalue weighted by atomic mass is 16.5. The van der Waals surface area contributed by atoms with Gasteiger partial charge in [0.05, 0.1) is 7.11 Å². The molecule has 0 amide bonds. The van der Waals surface area contributed by atoms with Crippen molar-refractivity contribution in [3.8, 4) is 0 Å². The molecule has 0 aromatic heterocycles. The third-order valence-corrected chi connectivity index (χ3v) is 2.45. The molecule has 0 unspecified atom stereocenters. The van der Waals surface area contributed by atoms with Crippen LogP contribution in [-0.4, -0.2) is 13.1 Å². The minimum atomic E-state index is -0.334. The smallest absolute Gasteiger partial charge is 0.330 e. The van der Waals surface area contributed by atoms with Crippen LogP contribution in [0, 0.1) is 0 Å². The van der Waals surface area contributed by atoms with Gasteiger partial charge < -0.3 is 4.74 Å². The fraction of sp³-hybridized carbons (Fsp3) is 0.600. The van der Waals surface area contributed by atoms with Gasteiger partial charge in [0.2, 0.25) is 0 Å². The molecular weight excluding hydrogens is 212 g/mol. The van der Waals surface area contributed by atoms with E-state index in [4.69, 9.17) is 0 Å². The summed E-state index contributed by atoms with van der Waals surface area (Å²) < 4.78 is 4.46. The van der Waals surface area contributed by atoms with E-state index in [-0.39, 0.29) is 5.97 Å². The van der Waals surface area contributed by atoms with Gasteiger partial charge in [0.15, 0.2) is 0 Å². The number of hydrogen-bond acceptors (Lipinski definition) is 2. The predicted octanol–water partition coefficient (Wildman–Crippen LogP) is 4.18. The summed E-state index contributed by atoms with van der Waals surface area (Å²) in [5, 5.41) is 0. The van der Waals surface area contributed by atoms with Crippen molar-refractivity contribution in [3.05, 3.63) is 30.0 Å². The van der Waals surface area contributed by atoms with E-state index in [1.807, 2.05) is 6.08 Å². The first-order chi connectivity index (χ1) is 8.31. The Balaban J connectivity index is 3.44. The second kappa shape index (κ2) is 12.8. The van der Waals surface area contributed by atoms with Crippen LogP contribution in [0.25, 0.3) is 0 Å². The first-order valence-electron chi connectivity index (χ1n) is 6.46. The molecule has 96 valence electrons. The van der Waals surface area contributed by atoms with Gasteiger partial charge in [0.1, 0.15) is 0 Å². The van der Waals surface area contributed by atoms with E-state index >= 15 is 0 Å². The molecule has 0 bridgehead atoms. The maximum absolute atomic E-state index is 10.7. The summed E-state index contributed by atoms with van der Waals surface area (Å²) in [6.45, 7) is 2.23. The summed E-state index contributed by atoms with van der Waals surface area (Å²) in [5.41, 5.74) is 3.02. The van der Waals surface area contributed by atoms with E-state index in [9.17, 15) is 4.79 Å². The number of carbonyl (C=O) groups excluding carboxylic acids is 1. The van der Waals surface area contributed by atoms with Crippen LogP contribution in [0.15, 0.2) is 30.0 Å². The molecule has 2 nitrogen and oxygen atoms in total. The van der Waals surface area contributed by atoms with Gasteiger partial charge in [-0.3, -0.25) is 0 Å². The minimum absolute atomic E-state index is 0.334. The summed E-state index contributed by atoms with van der Waals surface area (Å²) in [6.07, 6.45) is 15.7. The van der Waals surface area contributed by atoms with Gasteiger partial charge in [-0.1, -0.05) is 39.0 Å². The van der Waals surface area contributed by atoms with Gasteiger partial charge in [0.25, 0.3) is 0 Å². The van der Waals surface area contributed by atoms with E-state index in [2.05, 4.69) is 17.4 Å². The van der Waals surface area contributed by atoms with Gasteiger partial charge in [-0.25, -0.2) is 4.79 Å². The second-order valence-corrected chi connectivity index (χ2v) is 3.98. The van der Waals surface area contributed by atoms with Crippen molar-refractivity contribution in [1.82, 2.24) is 0 Å². The number of rotatable bonds is 9. The molecule has 0 fully saturated rings. The minimum Gasteiger partial charge on any atom is -0.466 e. The Kier molecular flexibility index (Phi) is 11.8. The summed E-state index contributed by atoms with van der Waals surface area (Å²) in [5.74, 6) is -0.334. The summed E-state index contributed by atoms with van der Waals surface area (Å²) in [6, 6.07) is 0. The first kappa shape index (κ1) is 15.7. The SMILES string of the molecule is CCCCCCCCC=C=C/C=C\C(=O)OC. The van der Waals surface area contributed by atoms with Gasteiger partial charge in [-0.05, 0) is 31.1 Å². The molecule has 0 rings (SSSR count). The van der Waals surface area contributed by atoms with Crippen molar-refractivity contribution < 1.29 is 9.53 Å². The van der Waals surface area contributed by atoms with Crippen molar-refractivity contribution in [1.29, 1.82) is 0 Å². The highest BCUT2D eigenvalue weighted by Crippen LogP contribution is 2.06. The zero-order valence-electron chi connectivity index (χ0n) is 11.1. The monoisotopic (exact) mass is 236 g/mol. The maximum atomic E-state index is 10.7. The molecule has 0 saturated heterocycles. The average molecular weight is 236 g/mol. The Morgan fingerprint density at radius 1 is 1.18 bits per heavy atom. The Bertz CT molecular complexity index is 271. The molecule has 0 N–H and O–H groups in total. The van der Waals surface area contributed by atoms with Gasteiger partial charge in [-0.15, -0.1) is 5.73 Å². The molecule has 0 aromatic carbocycles. The number of carbonyl (C=O) groups is 1. The van der Waals surface area contributed by atoms with Crippen LogP contribution in [0.5, 0.6) is 0 Å². The van der Waals surface area contributed by atoms with E-state index in [1.54, 1.807) is 12.2 Å². The second-order valence-electron chi connectivity index (χ2n) is 3.98. The summed E-state index contributed by atoms with van der Waals surface area (Å²) in [4.78, 5) is 10.7. The molecule has 2 heteroatoms. The van der Waals surface area contributed by atoms with E-state index < -0.39 is 0 Å². The highest BCUT2D eigenvalue weighted by Gasteiger charge is 1.87. The van der Waals surface area contributed by atoms with Crippen LogP contribution in [0.1, 0.15) is 51.9 Å². The lowest BCUT2D eigenvalue weighted by molar-refractivity contribution is -0.134. The normalized spacial score (nSPS) is 10.0. The number of unbranched alkanes of at least 4 members (excludes halogenated alkanes) is 6. The molecular formula is C15H24O2. The fourth-order valence-corrected chi connectivity index (χ4v) is 1.43. The van der Waals surface area contributed by atoms with Crippen LogP contribution in [-0.2, 0) is 9.53 Å². The number of esters is 1. The van der Waals surface area contributed by atoms with Crippen molar-refractivity contribution in [2.24, 2.45) is 0 Å². The molecule has 0 saturated carbocycles. The van der Waals surface area contributed by atoms with Crippen LogP contribution >= 0.6 is 0 Å². The molecule has 0 atom stereocenters. The molecule has 0 aliphatic rings. The van der Waals surface area contributed by atoms with E-state index in [0.717, 1.165) is 6.42 Å². The number of ether oxygens (including phenoxy) is 1. The molecule has 0 aliphatic heterocycles. The van der Waals surface area contributed by atoms with Crippen molar-refractivity contribution in [2.75, 3.05) is 7.11 Å². The van der Waals surface area contributed by atoms with Crippen molar-refractivity contribution in [2.45, 2.75) is 51.9 Å².